The minimum Gasteiger partial charge on any atom is -0.508 e. The molecular weight excluding hydrogens is 564 g/mol. The van der Waals surface area contributed by atoms with E-state index in [2.05, 4.69) is 10.6 Å². The van der Waals surface area contributed by atoms with E-state index in [0.717, 1.165) is 23.8 Å². The molecule has 11 heteroatoms. The molecule has 222 valence electrons. The highest BCUT2D eigenvalue weighted by Gasteiger charge is 2.49. The van der Waals surface area contributed by atoms with Gasteiger partial charge in [-0.25, -0.2) is 8.78 Å². The molecule has 0 spiro atoms. The van der Waals surface area contributed by atoms with Crippen LogP contribution in [0.4, 0.5) is 8.78 Å². The molecule has 1 saturated heterocycles. The predicted molar refractivity (Wildman–Crippen MR) is 156 cm³/mol. The number of halogens is 2. The second-order valence-electron chi connectivity index (χ2n) is 10.7. The van der Waals surface area contributed by atoms with Crippen molar-refractivity contribution in [2.45, 2.75) is 56.7 Å². The van der Waals surface area contributed by atoms with Gasteiger partial charge in [-0.15, -0.1) is 11.8 Å². The van der Waals surface area contributed by atoms with E-state index in [1.807, 2.05) is 6.07 Å². The van der Waals surface area contributed by atoms with Crippen LogP contribution in [0, 0.1) is 18.6 Å². The lowest BCUT2D eigenvalue weighted by molar-refractivity contribution is -0.147. The number of nitrogens with zero attached hydrogens (tertiary/aromatic N) is 1. The molecule has 4 rings (SSSR count). The van der Waals surface area contributed by atoms with E-state index in [4.69, 9.17) is 0 Å². The van der Waals surface area contributed by atoms with Crippen molar-refractivity contribution in [2.75, 3.05) is 5.88 Å². The number of benzene rings is 3. The van der Waals surface area contributed by atoms with Crippen molar-refractivity contribution >= 4 is 29.5 Å². The third kappa shape index (κ3) is 7.08. The van der Waals surface area contributed by atoms with Crippen LogP contribution in [0.1, 0.15) is 40.9 Å². The fourth-order valence-electron chi connectivity index (χ4n) is 4.98. The smallest absolute Gasteiger partial charge is 0.254 e. The van der Waals surface area contributed by atoms with Crippen molar-refractivity contribution in [2.24, 2.45) is 0 Å². The van der Waals surface area contributed by atoms with Crippen LogP contribution in [-0.2, 0) is 22.6 Å². The molecule has 3 atom stereocenters. The lowest BCUT2D eigenvalue weighted by Crippen LogP contribution is -2.58. The maximum Gasteiger partial charge on any atom is 0.254 e. The molecule has 1 unspecified atom stereocenters. The maximum atomic E-state index is 13.8. The van der Waals surface area contributed by atoms with Crippen molar-refractivity contribution in [1.82, 2.24) is 15.5 Å². The van der Waals surface area contributed by atoms with Gasteiger partial charge in [0.15, 0.2) is 6.10 Å². The second-order valence-corrected chi connectivity index (χ2v) is 12.3. The lowest BCUT2D eigenvalue weighted by atomic mass is 9.96. The first-order valence-corrected chi connectivity index (χ1v) is 14.3. The Bertz CT molecular complexity index is 1450. The van der Waals surface area contributed by atoms with Crippen LogP contribution in [0.5, 0.6) is 5.75 Å². The molecule has 0 aromatic heterocycles. The van der Waals surface area contributed by atoms with Crippen LogP contribution in [-0.4, -0.2) is 61.6 Å². The zero-order valence-corrected chi connectivity index (χ0v) is 24.3. The lowest BCUT2D eigenvalue weighted by Gasteiger charge is -2.33. The molecule has 1 fully saturated rings. The Hall–Kier alpha value is -3.96. The average molecular weight is 598 g/mol. The number of nitrogens with one attached hydrogen (secondary N) is 2. The van der Waals surface area contributed by atoms with Crippen LogP contribution in [0.15, 0.2) is 66.7 Å². The van der Waals surface area contributed by atoms with E-state index in [9.17, 15) is 33.4 Å². The van der Waals surface area contributed by atoms with Gasteiger partial charge in [-0.3, -0.25) is 14.4 Å². The number of carbonyl (C=O) groups is 3. The van der Waals surface area contributed by atoms with Crippen LogP contribution < -0.4 is 10.6 Å². The van der Waals surface area contributed by atoms with Gasteiger partial charge in [-0.1, -0.05) is 36.4 Å². The number of aliphatic hydroxyl groups excluding tert-OH is 1. The Kier molecular flexibility index (Phi) is 9.53. The molecule has 3 aromatic carbocycles. The van der Waals surface area contributed by atoms with Crippen molar-refractivity contribution in [1.29, 1.82) is 0 Å². The van der Waals surface area contributed by atoms with E-state index < -0.39 is 52.3 Å². The molecule has 4 N–H and O–H groups in total. The molecule has 0 aliphatic carbocycles. The summed E-state index contributed by atoms with van der Waals surface area (Å²) in [4.78, 5) is 41.6. The first kappa shape index (κ1) is 31.0. The summed E-state index contributed by atoms with van der Waals surface area (Å²) in [5, 5.41) is 26.8. The Balaban J connectivity index is 1.56. The first-order chi connectivity index (χ1) is 19.9. The van der Waals surface area contributed by atoms with Crippen molar-refractivity contribution < 1.29 is 33.4 Å². The van der Waals surface area contributed by atoms with Gasteiger partial charge in [0.25, 0.3) is 11.8 Å². The minimum atomic E-state index is -1.71. The SMILES string of the molecule is Cc1c(O)cccc1C(=O)N[C@@H](Cc1ccccc1)[C@H](O)C(=O)N1CSC(C)(C)C1C(=O)NCc1cc(F)cc(F)c1. The Morgan fingerprint density at radius 2 is 1.69 bits per heavy atom. The van der Waals surface area contributed by atoms with Gasteiger partial charge in [0.05, 0.1) is 11.9 Å². The molecular formula is C31H33F2N3O5S. The van der Waals surface area contributed by atoms with E-state index in [1.54, 1.807) is 45.0 Å². The number of aromatic hydroxyl groups is 1. The fourth-order valence-corrected chi connectivity index (χ4v) is 6.12. The monoisotopic (exact) mass is 597 g/mol. The third-order valence-electron chi connectivity index (χ3n) is 7.27. The number of aliphatic hydroxyl groups is 1. The first-order valence-electron chi connectivity index (χ1n) is 13.4. The van der Waals surface area contributed by atoms with Gasteiger partial charge in [0, 0.05) is 28.5 Å². The highest BCUT2D eigenvalue weighted by molar-refractivity contribution is 8.00. The molecule has 1 aliphatic heterocycles. The van der Waals surface area contributed by atoms with Gasteiger partial charge < -0.3 is 25.7 Å². The topological polar surface area (TPSA) is 119 Å². The maximum absolute atomic E-state index is 13.8. The van der Waals surface area contributed by atoms with Gasteiger partial charge in [-0.2, -0.15) is 0 Å². The summed E-state index contributed by atoms with van der Waals surface area (Å²) < 4.78 is 26.5. The number of rotatable bonds is 9. The highest BCUT2D eigenvalue weighted by Crippen LogP contribution is 2.40. The van der Waals surface area contributed by atoms with Gasteiger partial charge in [0.1, 0.15) is 23.4 Å². The standard InChI is InChI=1S/C31H33F2N3O5S/c1-18-23(10-7-11-25(18)37)28(39)35-24(14-19-8-5-4-6-9-19)26(38)30(41)36-17-42-31(2,3)27(36)29(40)34-16-20-12-21(32)15-22(33)13-20/h4-13,15,24,26-27,37-38H,14,16-17H2,1-3H3,(H,34,40)(H,35,39)/t24-,26-,27?/m0/s1. The van der Waals surface area contributed by atoms with E-state index in [-0.39, 0.29) is 35.7 Å². The van der Waals surface area contributed by atoms with Gasteiger partial charge >= 0.3 is 0 Å². The Labute approximate surface area is 247 Å². The summed E-state index contributed by atoms with van der Waals surface area (Å²) in [6.07, 6.45) is -1.60. The number of phenolic OH excluding ortho intramolecular Hbond substituents is 1. The van der Waals surface area contributed by atoms with Crippen molar-refractivity contribution in [3.05, 3.63) is 101 Å². The quantitative estimate of drug-likeness (QED) is 0.299. The predicted octanol–water partition coefficient (Wildman–Crippen LogP) is 3.68. The number of amides is 3. The van der Waals surface area contributed by atoms with Crippen LogP contribution in [0.25, 0.3) is 0 Å². The van der Waals surface area contributed by atoms with Crippen molar-refractivity contribution in [3.8, 4) is 5.75 Å². The van der Waals surface area contributed by atoms with Gasteiger partial charge in [-0.05, 0) is 62.6 Å². The number of hydrogen-bond acceptors (Lipinski definition) is 6. The van der Waals surface area contributed by atoms with E-state index >= 15 is 0 Å². The fraction of sp³-hybridized carbons (Fsp3) is 0.323. The van der Waals surface area contributed by atoms with E-state index in [0.29, 0.717) is 5.56 Å². The largest absolute Gasteiger partial charge is 0.508 e. The zero-order valence-electron chi connectivity index (χ0n) is 23.4. The summed E-state index contributed by atoms with van der Waals surface area (Å²) in [7, 11) is 0. The summed E-state index contributed by atoms with van der Waals surface area (Å²) in [6, 6.07) is 14.4. The summed E-state index contributed by atoms with van der Waals surface area (Å²) in [6.45, 7) is 5.00. The van der Waals surface area contributed by atoms with Gasteiger partial charge in [0.2, 0.25) is 5.91 Å². The molecule has 0 saturated carbocycles. The molecule has 3 amide bonds. The van der Waals surface area contributed by atoms with E-state index in [1.165, 1.54) is 34.9 Å². The number of thioether (sulfide) groups is 1. The number of carbonyl (C=O) groups excluding carboxylic acids is 3. The molecule has 8 nitrogen and oxygen atoms in total. The molecule has 1 aliphatic rings. The third-order valence-corrected chi connectivity index (χ3v) is 8.64. The molecule has 3 aromatic rings. The Morgan fingerprint density at radius 1 is 1.02 bits per heavy atom. The molecule has 42 heavy (non-hydrogen) atoms. The number of hydrogen-bond donors (Lipinski definition) is 4. The second kappa shape index (κ2) is 12.9. The van der Waals surface area contributed by atoms with Crippen LogP contribution >= 0.6 is 11.8 Å². The molecule has 0 radical (unpaired) electrons. The Morgan fingerprint density at radius 3 is 2.36 bits per heavy atom. The molecule has 0 bridgehead atoms. The summed E-state index contributed by atoms with van der Waals surface area (Å²) in [5.74, 6) is -3.39. The van der Waals surface area contributed by atoms with Crippen LogP contribution in [0.2, 0.25) is 0 Å². The van der Waals surface area contributed by atoms with Crippen LogP contribution in [0.3, 0.4) is 0 Å². The number of phenols is 1. The summed E-state index contributed by atoms with van der Waals surface area (Å²) in [5.41, 5.74) is 1.52. The normalized spacial score (nSPS) is 17.4. The zero-order chi connectivity index (χ0) is 30.6. The van der Waals surface area contributed by atoms with Crippen molar-refractivity contribution in [3.63, 3.8) is 0 Å². The molecule has 1 heterocycles. The average Bonchev–Trinajstić information content (AvgIpc) is 3.26. The highest BCUT2D eigenvalue weighted by atomic mass is 32.2. The summed E-state index contributed by atoms with van der Waals surface area (Å²) >= 11 is 1.34. The minimum absolute atomic E-state index is 0.0648.